The number of hydrogen-bond donors (Lipinski definition) is 0. The first-order valence-electron chi connectivity index (χ1n) is 8.57. The van der Waals surface area contributed by atoms with E-state index in [-0.39, 0.29) is 5.71 Å². The molecule has 5 nitrogen and oxygen atoms in total. The number of aryl methyl sites for hydroxylation is 1. The molecule has 0 atom stereocenters. The molecule has 0 saturated heterocycles. The first kappa shape index (κ1) is 19.1. The maximum absolute atomic E-state index is 12.8. The zero-order valence-electron chi connectivity index (χ0n) is 14.5. The molecule has 2 aromatic rings. The topological polar surface area (TPSA) is 53.7 Å². The number of anilines is 1. The molecule has 0 bridgehead atoms. The van der Waals surface area contributed by atoms with Gasteiger partial charge >= 0.3 is 6.18 Å². The van der Waals surface area contributed by atoms with E-state index in [1.54, 1.807) is 24.3 Å². The van der Waals surface area contributed by atoms with Crippen LogP contribution >= 0.6 is 23.2 Å². The van der Waals surface area contributed by atoms with E-state index in [4.69, 9.17) is 23.2 Å². The molecule has 0 radical (unpaired) electrons. The van der Waals surface area contributed by atoms with Crippen molar-refractivity contribution in [3.8, 4) is 0 Å². The second kappa shape index (κ2) is 7.33. The Balaban J connectivity index is 1.61. The third-order valence-electron chi connectivity index (χ3n) is 4.65. The van der Waals surface area contributed by atoms with Crippen LogP contribution in [-0.2, 0) is 13.0 Å². The average Bonchev–Trinajstić information content (AvgIpc) is 3.15. The van der Waals surface area contributed by atoms with Gasteiger partial charge in [-0.25, -0.2) is 0 Å². The summed E-state index contributed by atoms with van der Waals surface area (Å²) >= 11 is 12.4. The molecule has 0 amide bonds. The first-order valence-corrected chi connectivity index (χ1v) is 9.33. The Morgan fingerprint density at radius 1 is 1.07 bits per heavy atom. The van der Waals surface area contributed by atoms with Gasteiger partial charge in [0.2, 0.25) is 0 Å². The summed E-state index contributed by atoms with van der Waals surface area (Å²) in [5, 5.41) is 16.4. The van der Waals surface area contributed by atoms with E-state index < -0.39 is 18.3 Å². The van der Waals surface area contributed by atoms with Gasteiger partial charge in [-0.15, -0.1) is 10.2 Å². The number of fused-ring (bicyclic) bond motifs is 1. The largest absolute Gasteiger partial charge is 0.431 e. The fourth-order valence-corrected chi connectivity index (χ4v) is 3.61. The van der Waals surface area contributed by atoms with Gasteiger partial charge in [-0.3, -0.25) is 0 Å². The molecule has 0 N–H and O–H groups in total. The lowest BCUT2D eigenvalue weighted by atomic mass is 10.0. The highest BCUT2D eigenvalue weighted by Gasteiger charge is 2.39. The van der Waals surface area contributed by atoms with Crippen molar-refractivity contribution in [2.45, 2.75) is 32.0 Å². The van der Waals surface area contributed by atoms with Crippen molar-refractivity contribution >= 4 is 40.3 Å². The van der Waals surface area contributed by atoms with Crippen LogP contribution < -0.4 is 4.90 Å². The maximum Gasteiger partial charge on any atom is 0.431 e. The van der Waals surface area contributed by atoms with Crippen LogP contribution in [0.5, 0.6) is 0 Å². The number of benzene rings is 1. The summed E-state index contributed by atoms with van der Waals surface area (Å²) < 4.78 is 38.5. The van der Waals surface area contributed by atoms with E-state index in [0.717, 1.165) is 36.3 Å². The minimum Gasteiger partial charge on any atom is -0.366 e. The molecule has 2 aliphatic rings. The maximum atomic E-state index is 12.8. The molecule has 0 aliphatic carbocycles. The van der Waals surface area contributed by atoms with Crippen LogP contribution in [-0.4, -0.2) is 34.3 Å². The molecule has 1 aromatic heterocycles. The van der Waals surface area contributed by atoms with Crippen molar-refractivity contribution in [3.63, 3.8) is 0 Å². The molecule has 0 unspecified atom stereocenters. The van der Waals surface area contributed by atoms with Crippen LogP contribution in [0.15, 0.2) is 34.5 Å². The lowest BCUT2D eigenvalue weighted by molar-refractivity contribution is -0.0596. The van der Waals surface area contributed by atoms with Crippen molar-refractivity contribution in [1.29, 1.82) is 0 Å². The number of aromatic nitrogens is 2. The van der Waals surface area contributed by atoms with E-state index >= 15 is 0 Å². The summed E-state index contributed by atoms with van der Waals surface area (Å²) in [7, 11) is 0. The third-order valence-corrected chi connectivity index (χ3v) is 5.25. The smallest absolute Gasteiger partial charge is 0.366 e. The van der Waals surface area contributed by atoms with Crippen LogP contribution in [0, 0.1) is 0 Å². The Bertz CT molecular complexity index is 988. The number of rotatable bonds is 3. The number of halogens is 5. The van der Waals surface area contributed by atoms with Gasteiger partial charge in [0.25, 0.3) is 0 Å². The Morgan fingerprint density at radius 3 is 2.64 bits per heavy atom. The van der Waals surface area contributed by atoms with E-state index in [0.29, 0.717) is 22.3 Å². The van der Waals surface area contributed by atoms with Gasteiger partial charge in [-0.05, 0) is 42.7 Å². The molecule has 4 rings (SSSR count). The van der Waals surface area contributed by atoms with Crippen molar-refractivity contribution in [2.24, 2.45) is 10.2 Å². The van der Waals surface area contributed by atoms with Gasteiger partial charge in [-0.1, -0.05) is 23.2 Å². The minimum atomic E-state index is -4.50. The Kier molecular flexibility index (Phi) is 5.01. The molecule has 28 heavy (non-hydrogen) atoms. The number of nitrogens with zero attached hydrogens (tertiary/aromatic N) is 5. The van der Waals surface area contributed by atoms with E-state index in [1.807, 2.05) is 0 Å². The summed E-state index contributed by atoms with van der Waals surface area (Å²) in [5.41, 5.74) is 2.00. The fraction of sp³-hybridized carbons (Fsp3) is 0.333. The molecule has 0 fully saturated rings. The quantitative estimate of drug-likeness (QED) is 0.703. The van der Waals surface area contributed by atoms with Gasteiger partial charge in [0, 0.05) is 29.6 Å². The summed E-state index contributed by atoms with van der Waals surface area (Å²) in [6.45, 7) is 1.27. The third kappa shape index (κ3) is 3.84. The molecule has 0 saturated carbocycles. The average molecular weight is 428 g/mol. The summed E-state index contributed by atoms with van der Waals surface area (Å²) in [6, 6.07) is 6.99. The van der Waals surface area contributed by atoms with Crippen molar-refractivity contribution in [3.05, 3.63) is 51.3 Å². The molecule has 2 aliphatic heterocycles. The Labute approximate surface area is 168 Å². The van der Waals surface area contributed by atoms with E-state index in [1.165, 1.54) is 0 Å². The normalized spacial score (nSPS) is 16.7. The monoisotopic (exact) mass is 427 g/mol. The minimum absolute atomic E-state index is 0.161. The molecule has 146 valence electrons. The van der Waals surface area contributed by atoms with Gasteiger partial charge in [-0.2, -0.15) is 23.4 Å². The van der Waals surface area contributed by atoms with Crippen LogP contribution in [0.1, 0.15) is 29.8 Å². The van der Waals surface area contributed by atoms with Crippen molar-refractivity contribution in [2.75, 3.05) is 11.4 Å². The summed E-state index contributed by atoms with van der Waals surface area (Å²) in [4.78, 5) is 2.08. The fourth-order valence-electron chi connectivity index (χ4n) is 3.24. The van der Waals surface area contributed by atoms with E-state index in [9.17, 15) is 13.2 Å². The van der Waals surface area contributed by atoms with Crippen LogP contribution in [0.25, 0.3) is 0 Å². The zero-order chi connectivity index (χ0) is 19.9. The van der Waals surface area contributed by atoms with Gasteiger partial charge < -0.3 is 4.90 Å². The second-order valence-corrected chi connectivity index (χ2v) is 7.43. The van der Waals surface area contributed by atoms with Gasteiger partial charge in [0.15, 0.2) is 0 Å². The second-order valence-electron chi connectivity index (χ2n) is 6.59. The van der Waals surface area contributed by atoms with Gasteiger partial charge in [0.1, 0.15) is 11.4 Å². The molecule has 0 spiro atoms. The lowest BCUT2D eigenvalue weighted by Gasteiger charge is -2.31. The molecule has 1 aromatic carbocycles. The highest BCUT2D eigenvalue weighted by atomic mass is 35.5. The zero-order valence-corrected chi connectivity index (χ0v) is 16.0. The van der Waals surface area contributed by atoms with E-state index in [2.05, 4.69) is 25.3 Å². The molecule has 3 heterocycles. The van der Waals surface area contributed by atoms with Crippen LogP contribution in [0.2, 0.25) is 10.0 Å². The molecule has 10 heteroatoms. The Hall–Kier alpha value is -2.19. The van der Waals surface area contributed by atoms with Crippen LogP contribution in [0.4, 0.5) is 18.9 Å². The summed E-state index contributed by atoms with van der Waals surface area (Å²) in [5.74, 6) is 0. The lowest BCUT2D eigenvalue weighted by Crippen LogP contribution is -2.30. The highest BCUT2D eigenvalue weighted by molar-refractivity contribution is 6.33. The number of hydrogen-bond acceptors (Lipinski definition) is 5. The summed E-state index contributed by atoms with van der Waals surface area (Å²) in [6.07, 6.45) is -3.26. The Morgan fingerprint density at radius 2 is 1.89 bits per heavy atom. The SMILES string of the molecule is FC(F)(F)C1=NN=C(c2cc3c(nn2)CCCN3Cc2cc(Cl)ccc2Cl)C1. The predicted octanol–water partition coefficient (Wildman–Crippen LogP) is 4.85. The van der Waals surface area contributed by atoms with Crippen molar-refractivity contribution < 1.29 is 13.2 Å². The van der Waals surface area contributed by atoms with Crippen LogP contribution in [0.3, 0.4) is 0 Å². The van der Waals surface area contributed by atoms with Gasteiger partial charge in [0.05, 0.1) is 17.1 Å². The molecular weight excluding hydrogens is 414 g/mol. The number of alkyl halides is 3. The van der Waals surface area contributed by atoms with Crippen molar-refractivity contribution in [1.82, 2.24) is 10.2 Å². The highest BCUT2D eigenvalue weighted by Crippen LogP contribution is 2.31. The molecular formula is C18H14Cl2F3N5. The first-order chi connectivity index (χ1) is 13.3. The standard InChI is InChI=1S/C18H14Cl2F3N5/c19-11-3-4-12(20)10(6-11)9-28-5-1-2-13-16(28)7-14(25-24-13)15-8-17(27-26-15)18(21,22)23/h3-4,6-7H,1-2,5,8-9H2. The predicted molar refractivity (Wildman–Crippen MR) is 103 cm³/mol.